The number of ether oxygens (including phenoxy) is 2. The molecule has 0 bridgehead atoms. The van der Waals surface area contributed by atoms with Crippen LogP contribution in [0.5, 0.6) is 0 Å². The predicted octanol–water partition coefficient (Wildman–Crippen LogP) is 0.597. The van der Waals surface area contributed by atoms with Gasteiger partial charge in [0.1, 0.15) is 6.61 Å². The van der Waals surface area contributed by atoms with Crippen molar-refractivity contribution in [1.82, 2.24) is 9.78 Å². The summed E-state index contributed by atoms with van der Waals surface area (Å²) in [5.41, 5.74) is 7.10. The molecule has 0 saturated heterocycles. The number of aryl methyl sites for hydroxylation is 2. The minimum absolute atomic E-state index is 0.211. The highest BCUT2D eigenvalue weighted by molar-refractivity contribution is 5.93. The van der Waals surface area contributed by atoms with E-state index in [1.54, 1.807) is 18.7 Å². The van der Waals surface area contributed by atoms with E-state index in [2.05, 4.69) is 5.10 Å². The van der Waals surface area contributed by atoms with Crippen LogP contribution in [0.2, 0.25) is 0 Å². The molecule has 1 rings (SSSR count). The Balaban J connectivity index is 2.81. The molecule has 1 aromatic heterocycles. The Labute approximate surface area is 94.3 Å². The minimum Gasteiger partial charge on any atom is -0.458 e. The molecule has 6 heteroatoms. The third kappa shape index (κ3) is 2.52. The number of nitrogen functional groups attached to an aromatic ring is 1. The van der Waals surface area contributed by atoms with Crippen molar-refractivity contribution in [2.45, 2.75) is 20.4 Å². The van der Waals surface area contributed by atoms with Gasteiger partial charge >= 0.3 is 5.97 Å². The molecule has 0 amide bonds. The highest BCUT2D eigenvalue weighted by Crippen LogP contribution is 2.17. The van der Waals surface area contributed by atoms with Gasteiger partial charge < -0.3 is 15.2 Å². The van der Waals surface area contributed by atoms with Crippen LogP contribution in [0.3, 0.4) is 0 Å². The molecule has 1 heterocycles. The fraction of sp³-hybridized carbons (Fsp3) is 0.600. The van der Waals surface area contributed by atoms with Crippen LogP contribution in [0.1, 0.15) is 23.1 Å². The molecule has 2 N–H and O–H groups in total. The number of hydrogen-bond donors (Lipinski definition) is 1. The lowest BCUT2D eigenvalue weighted by atomic mass is 10.3. The molecule has 0 saturated carbocycles. The third-order valence-electron chi connectivity index (χ3n) is 2.19. The number of anilines is 1. The zero-order valence-electron chi connectivity index (χ0n) is 9.82. The summed E-state index contributed by atoms with van der Waals surface area (Å²) in [7, 11) is 1.54. The van der Waals surface area contributed by atoms with Gasteiger partial charge in [-0.1, -0.05) is 0 Å². The Morgan fingerprint density at radius 2 is 2.19 bits per heavy atom. The summed E-state index contributed by atoms with van der Waals surface area (Å²) in [5, 5.41) is 4.14. The van der Waals surface area contributed by atoms with Gasteiger partial charge in [0.2, 0.25) is 0 Å². The lowest BCUT2D eigenvalue weighted by Gasteiger charge is -2.06. The number of nitrogens with two attached hydrogens (primary N) is 1. The van der Waals surface area contributed by atoms with Crippen molar-refractivity contribution in [3.8, 4) is 0 Å². The molecule has 0 unspecified atom stereocenters. The smallest absolute Gasteiger partial charge is 0.358 e. The summed E-state index contributed by atoms with van der Waals surface area (Å²) >= 11 is 0. The fourth-order valence-corrected chi connectivity index (χ4v) is 1.33. The van der Waals surface area contributed by atoms with Gasteiger partial charge in [-0.2, -0.15) is 5.10 Å². The van der Waals surface area contributed by atoms with Crippen molar-refractivity contribution in [1.29, 1.82) is 0 Å². The summed E-state index contributed by atoms with van der Waals surface area (Å²) in [4.78, 5) is 11.7. The highest BCUT2D eigenvalue weighted by atomic mass is 16.6. The molecule has 16 heavy (non-hydrogen) atoms. The van der Waals surface area contributed by atoms with Crippen LogP contribution in [0.25, 0.3) is 0 Å². The van der Waals surface area contributed by atoms with Crippen molar-refractivity contribution in [3.05, 3.63) is 11.4 Å². The zero-order chi connectivity index (χ0) is 12.1. The number of methoxy groups -OCH3 is 1. The molecule has 0 atom stereocenters. The van der Waals surface area contributed by atoms with Crippen LogP contribution in [-0.4, -0.2) is 36.1 Å². The quantitative estimate of drug-likeness (QED) is 0.588. The largest absolute Gasteiger partial charge is 0.458 e. The molecule has 0 radical (unpaired) electrons. The molecular formula is C10H17N3O3. The van der Waals surface area contributed by atoms with Crippen LogP contribution >= 0.6 is 0 Å². The van der Waals surface area contributed by atoms with E-state index in [1.807, 2.05) is 6.92 Å². The molecule has 0 fully saturated rings. The summed E-state index contributed by atoms with van der Waals surface area (Å²) in [6, 6.07) is 0. The molecular weight excluding hydrogens is 210 g/mol. The number of esters is 1. The van der Waals surface area contributed by atoms with E-state index in [0.29, 0.717) is 30.2 Å². The van der Waals surface area contributed by atoms with E-state index in [0.717, 1.165) is 0 Å². The second-order valence-corrected chi connectivity index (χ2v) is 3.29. The normalized spacial score (nSPS) is 10.4. The fourth-order valence-electron chi connectivity index (χ4n) is 1.33. The van der Waals surface area contributed by atoms with Crippen molar-refractivity contribution in [2.75, 3.05) is 26.1 Å². The van der Waals surface area contributed by atoms with Gasteiger partial charge in [-0.05, 0) is 13.8 Å². The van der Waals surface area contributed by atoms with E-state index in [9.17, 15) is 4.79 Å². The van der Waals surface area contributed by atoms with Gasteiger partial charge in [0.15, 0.2) is 5.69 Å². The van der Waals surface area contributed by atoms with Gasteiger partial charge in [-0.3, -0.25) is 4.68 Å². The second-order valence-electron chi connectivity index (χ2n) is 3.29. The molecule has 0 aliphatic carbocycles. The van der Waals surface area contributed by atoms with Gasteiger partial charge in [-0.15, -0.1) is 0 Å². The number of hydrogen-bond acceptors (Lipinski definition) is 5. The monoisotopic (exact) mass is 227 g/mol. The first-order valence-electron chi connectivity index (χ1n) is 5.10. The molecule has 0 aliphatic heterocycles. The number of carbonyl (C=O) groups is 1. The summed E-state index contributed by atoms with van der Waals surface area (Å²) in [6.07, 6.45) is 0. The minimum atomic E-state index is -0.461. The first kappa shape index (κ1) is 12.5. The van der Waals surface area contributed by atoms with E-state index < -0.39 is 5.97 Å². The van der Waals surface area contributed by atoms with E-state index >= 15 is 0 Å². The number of aromatic nitrogens is 2. The van der Waals surface area contributed by atoms with Crippen molar-refractivity contribution in [3.63, 3.8) is 0 Å². The lowest BCUT2D eigenvalue weighted by molar-refractivity contribution is 0.0376. The number of rotatable bonds is 5. The maximum atomic E-state index is 11.7. The van der Waals surface area contributed by atoms with Gasteiger partial charge in [-0.25, -0.2) is 4.79 Å². The van der Waals surface area contributed by atoms with Gasteiger partial charge in [0, 0.05) is 13.7 Å². The Kier molecular flexibility index (Phi) is 4.30. The Morgan fingerprint density at radius 3 is 2.75 bits per heavy atom. The average Bonchev–Trinajstić information content (AvgIpc) is 2.55. The summed E-state index contributed by atoms with van der Waals surface area (Å²) < 4.78 is 11.3. The molecule has 0 aliphatic rings. The maximum Gasteiger partial charge on any atom is 0.358 e. The van der Waals surface area contributed by atoms with Gasteiger partial charge in [0.25, 0.3) is 0 Å². The highest BCUT2D eigenvalue weighted by Gasteiger charge is 2.20. The molecule has 0 spiro atoms. The summed E-state index contributed by atoms with van der Waals surface area (Å²) in [5.74, 6) is -0.461. The molecule has 1 aromatic rings. The predicted molar refractivity (Wildman–Crippen MR) is 59.2 cm³/mol. The van der Waals surface area contributed by atoms with E-state index in [4.69, 9.17) is 15.2 Å². The van der Waals surface area contributed by atoms with E-state index in [1.165, 1.54) is 0 Å². The average molecular weight is 227 g/mol. The first-order valence-corrected chi connectivity index (χ1v) is 5.10. The topological polar surface area (TPSA) is 79.4 Å². The van der Waals surface area contributed by atoms with Crippen LogP contribution < -0.4 is 5.73 Å². The maximum absolute atomic E-state index is 11.7. The SMILES string of the molecule is CCn1nc(C)c(N)c1C(=O)OCCOC. The molecule has 6 nitrogen and oxygen atoms in total. The van der Waals surface area contributed by atoms with Crippen LogP contribution in [0.4, 0.5) is 5.69 Å². The number of carbonyl (C=O) groups excluding carboxylic acids is 1. The third-order valence-corrected chi connectivity index (χ3v) is 2.19. The Hall–Kier alpha value is -1.56. The van der Waals surface area contributed by atoms with E-state index in [-0.39, 0.29) is 6.61 Å². The number of nitrogens with zero attached hydrogens (tertiary/aromatic N) is 2. The Morgan fingerprint density at radius 1 is 1.50 bits per heavy atom. The summed E-state index contributed by atoms with van der Waals surface area (Å²) in [6.45, 7) is 4.80. The lowest BCUT2D eigenvalue weighted by Crippen LogP contribution is -2.16. The second kappa shape index (κ2) is 5.50. The van der Waals surface area contributed by atoms with Gasteiger partial charge in [0.05, 0.1) is 18.0 Å². The van der Waals surface area contributed by atoms with Crippen LogP contribution in [0, 0.1) is 6.92 Å². The molecule has 90 valence electrons. The first-order chi connectivity index (χ1) is 7.61. The van der Waals surface area contributed by atoms with Crippen LogP contribution in [-0.2, 0) is 16.0 Å². The van der Waals surface area contributed by atoms with Crippen molar-refractivity contribution < 1.29 is 14.3 Å². The molecule has 0 aromatic carbocycles. The van der Waals surface area contributed by atoms with Crippen molar-refractivity contribution in [2.24, 2.45) is 0 Å². The van der Waals surface area contributed by atoms with Crippen molar-refractivity contribution >= 4 is 11.7 Å². The zero-order valence-corrected chi connectivity index (χ0v) is 9.82. The Bertz CT molecular complexity index is 374. The standard InChI is InChI=1S/C10H17N3O3/c1-4-13-9(8(11)7(2)12-13)10(14)16-6-5-15-3/h4-6,11H2,1-3H3. The van der Waals surface area contributed by atoms with Crippen LogP contribution in [0.15, 0.2) is 0 Å².